The van der Waals surface area contributed by atoms with Crippen molar-refractivity contribution in [1.29, 1.82) is 0 Å². The Labute approximate surface area is 118 Å². The Hall–Kier alpha value is -1.84. The Morgan fingerprint density at radius 3 is 2.25 bits per heavy atom. The van der Waals surface area contributed by atoms with E-state index in [0.717, 1.165) is 25.7 Å². The van der Waals surface area contributed by atoms with Gasteiger partial charge in [0.25, 0.3) is 0 Å². The molecule has 1 fully saturated rings. The second-order valence-electron chi connectivity index (χ2n) is 5.43. The molecule has 0 unspecified atom stereocenters. The number of methoxy groups -OCH3 is 1. The topological polar surface area (TPSA) is 63.6 Å². The number of benzene rings is 1. The van der Waals surface area contributed by atoms with Gasteiger partial charge in [0.05, 0.1) is 12.7 Å². The van der Waals surface area contributed by atoms with Gasteiger partial charge in [-0.05, 0) is 55.2 Å². The van der Waals surface area contributed by atoms with E-state index in [9.17, 15) is 9.59 Å². The summed E-state index contributed by atoms with van der Waals surface area (Å²) in [5, 5.41) is 8.81. The van der Waals surface area contributed by atoms with Crippen LogP contribution in [0.3, 0.4) is 0 Å². The van der Waals surface area contributed by atoms with E-state index in [1.807, 2.05) is 12.1 Å². The average Bonchev–Trinajstić information content (AvgIpc) is 2.47. The molecule has 0 amide bonds. The van der Waals surface area contributed by atoms with Gasteiger partial charge in [-0.3, -0.25) is 4.79 Å². The van der Waals surface area contributed by atoms with Gasteiger partial charge in [0, 0.05) is 6.42 Å². The molecule has 1 saturated carbocycles. The second-order valence-corrected chi connectivity index (χ2v) is 5.43. The quantitative estimate of drug-likeness (QED) is 0.858. The molecule has 1 N–H and O–H groups in total. The summed E-state index contributed by atoms with van der Waals surface area (Å²) >= 11 is 0. The Balaban J connectivity index is 1.93. The molecule has 0 spiro atoms. The van der Waals surface area contributed by atoms with Crippen molar-refractivity contribution in [1.82, 2.24) is 0 Å². The molecule has 0 radical (unpaired) electrons. The number of carboxylic acids is 1. The highest BCUT2D eigenvalue weighted by Crippen LogP contribution is 2.37. The van der Waals surface area contributed by atoms with Gasteiger partial charge in [0.2, 0.25) is 0 Å². The number of carbonyl (C=O) groups is 2. The van der Waals surface area contributed by atoms with Crippen LogP contribution in [0.1, 0.15) is 53.9 Å². The third-order valence-corrected chi connectivity index (χ3v) is 4.11. The zero-order chi connectivity index (χ0) is 14.5. The van der Waals surface area contributed by atoms with Gasteiger partial charge >= 0.3 is 11.9 Å². The SMILES string of the molecule is COC(=O)c1ccc(C2CCC(CC(=O)O)CC2)cc1. The van der Waals surface area contributed by atoms with Crippen LogP contribution in [0.25, 0.3) is 0 Å². The van der Waals surface area contributed by atoms with Crippen molar-refractivity contribution in [2.45, 2.75) is 38.0 Å². The van der Waals surface area contributed by atoms with Crippen LogP contribution in [-0.2, 0) is 9.53 Å². The summed E-state index contributed by atoms with van der Waals surface area (Å²) < 4.78 is 4.68. The molecule has 20 heavy (non-hydrogen) atoms. The number of aliphatic carboxylic acids is 1. The maximum atomic E-state index is 11.4. The number of hydrogen-bond acceptors (Lipinski definition) is 3. The number of carbonyl (C=O) groups excluding carboxylic acids is 1. The summed E-state index contributed by atoms with van der Waals surface area (Å²) in [4.78, 5) is 22.1. The molecule has 2 rings (SSSR count). The molecule has 4 heteroatoms. The van der Waals surface area contributed by atoms with Gasteiger partial charge in [-0.2, -0.15) is 0 Å². The van der Waals surface area contributed by atoms with Gasteiger partial charge in [-0.1, -0.05) is 12.1 Å². The Kier molecular flexibility index (Phi) is 4.77. The number of hydrogen-bond donors (Lipinski definition) is 1. The third kappa shape index (κ3) is 3.59. The average molecular weight is 276 g/mol. The van der Waals surface area contributed by atoms with E-state index in [-0.39, 0.29) is 12.4 Å². The molecular formula is C16H20O4. The molecule has 0 bridgehead atoms. The molecule has 4 nitrogen and oxygen atoms in total. The van der Waals surface area contributed by atoms with Crippen LogP contribution in [0.2, 0.25) is 0 Å². The summed E-state index contributed by atoms with van der Waals surface area (Å²) in [7, 11) is 1.37. The summed E-state index contributed by atoms with van der Waals surface area (Å²) in [6, 6.07) is 7.55. The highest BCUT2D eigenvalue weighted by molar-refractivity contribution is 5.89. The molecule has 0 aromatic heterocycles. The van der Waals surface area contributed by atoms with Crippen molar-refractivity contribution >= 4 is 11.9 Å². The first-order valence-electron chi connectivity index (χ1n) is 7.00. The molecule has 0 heterocycles. The van der Waals surface area contributed by atoms with Crippen LogP contribution < -0.4 is 0 Å². The standard InChI is InChI=1S/C16H20O4/c1-20-16(19)14-8-6-13(7-9-14)12-4-2-11(3-5-12)10-15(17)18/h6-9,11-12H,2-5,10H2,1H3,(H,17,18). The van der Waals surface area contributed by atoms with Crippen molar-refractivity contribution in [2.24, 2.45) is 5.92 Å². The molecule has 1 aliphatic rings. The monoisotopic (exact) mass is 276 g/mol. The molecule has 1 aromatic rings. The van der Waals surface area contributed by atoms with Gasteiger partial charge in [0.15, 0.2) is 0 Å². The van der Waals surface area contributed by atoms with Crippen molar-refractivity contribution in [2.75, 3.05) is 7.11 Å². The van der Waals surface area contributed by atoms with E-state index in [0.29, 0.717) is 17.4 Å². The Morgan fingerprint density at radius 1 is 1.15 bits per heavy atom. The van der Waals surface area contributed by atoms with Crippen LogP contribution in [0.5, 0.6) is 0 Å². The smallest absolute Gasteiger partial charge is 0.337 e. The lowest BCUT2D eigenvalue weighted by Crippen LogP contribution is -2.16. The predicted molar refractivity (Wildman–Crippen MR) is 74.7 cm³/mol. The van der Waals surface area contributed by atoms with E-state index < -0.39 is 5.97 Å². The third-order valence-electron chi connectivity index (χ3n) is 4.11. The predicted octanol–water partition coefficient (Wildman–Crippen LogP) is 3.22. The highest BCUT2D eigenvalue weighted by Gasteiger charge is 2.24. The molecule has 108 valence electrons. The summed E-state index contributed by atoms with van der Waals surface area (Å²) in [6.07, 6.45) is 4.27. The normalized spacial score (nSPS) is 22.2. The van der Waals surface area contributed by atoms with Crippen LogP contribution in [-0.4, -0.2) is 24.2 Å². The van der Waals surface area contributed by atoms with Crippen molar-refractivity contribution in [3.8, 4) is 0 Å². The minimum Gasteiger partial charge on any atom is -0.481 e. The number of ether oxygens (including phenoxy) is 1. The van der Waals surface area contributed by atoms with E-state index in [4.69, 9.17) is 5.11 Å². The summed E-state index contributed by atoms with van der Waals surface area (Å²) in [5.74, 6) is -0.220. The first kappa shape index (κ1) is 14.6. The van der Waals surface area contributed by atoms with Crippen LogP contribution in [0.4, 0.5) is 0 Å². The van der Waals surface area contributed by atoms with Crippen LogP contribution >= 0.6 is 0 Å². The molecule has 0 atom stereocenters. The summed E-state index contributed by atoms with van der Waals surface area (Å²) in [5.41, 5.74) is 1.79. The highest BCUT2D eigenvalue weighted by atomic mass is 16.5. The van der Waals surface area contributed by atoms with Gasteiger partial charge in [-0.25, -0.2) is 4.79 Å². The maximum absolute atomic E-state index is 11.4. The van der Waals surface area contributed by atoms with E-state index >= 15 is 0 Å². The Bertz CT molecular complexity index is 470. The maximum Gasteiger partial charge on any atom is 0.337 e. The largest absolute Gasteiger partial charge is 0.481 e. The van der Waals surface area contributed by atoms with Crippen LogP contribution in [0.15, 0.2) is 24.3 Å². The first-order valence-corrected chi connectivity index (χ1v) is 7.00. The fourth-order valence-corrected chi connectivity index (χ4v) is 2.96. The fourth-order valence-electron chi connectivity index (χ4n) is 2.96. The van der Waals surface area contributed by atoms with Crippen molar-refractivity contribution in [3.63, 3.8) is 0 Å². The number of esters is 1. The first-order chi connectivity index (χ1) is 9.60. The number of rotatable bonds is 4. The zero-order valence-electron chi connectivity index (χ0n) is 11.7. The molecule has 0 aliphatic heterocycles. The van der Waals surface area contributed by atoms with Crippen molar-refractivity contribution < 1.29 is 19.4 Å². The minimum atomic E-state index is -0.698. The van der Waals surface area contributed by atoms with Gasteiger partial charge in [0.1, 0.15) is 0 Å². The lowest BCUT2D eigenvalue weighted by atomic mass is 9.77. The van der Waals surface area contributed by atoms with Gasteiger partial charge in [-0.15, -0.1) is 0 Å². The Morgan fingerprint density at radius 2 is 1.75 bits per heavy atom. The fraction of sp³-hybridized carbons (Fsp3) is 0.500. The lowest BCUT2D eigenvalue weighted by Gasteiger charge is -2.28. The van der Waals surface area contributed by atoms with Crippen molar-refractivity contribution in [3.05, 3.63) is 35.4 Å². The molecule has 1 aliphatic carbocycles. The molecule has 1 aromatic carbocycles. The number of carboxylic acid groups (broad SMARTS) is 1. The summed E-state index contributed by atoms with van der Waals surface area (Å²) in [6.45, 7) is 0. The molecule has 0 saturated heterocycles. The van der Waals surface area contributed by atoms with E-state index in [1.54, 1.807) is 12.1 Å². The van der Waals surface area contributed by atoms with E-state index in [2.05, 4.69) is 4.74 Å². The van der Waals surface area contributed by atoms with Gasteiger partial charge < -0.3 is 9.84 Å². The zero-order valence-corrected chi connectivity index (χ0v) is 11.7. The lowest BCUT2D eigenvalue weighted by molar-refractivity contribution is -0.138. The molecular weight excluding hydrogens is 256 g/mol. The van der Waals surface area contributed by atoms with Crippen LogP contribution in [0, 0.1) is 5.92 Å². The second kappa shape index (κ2) is 6.55. The minimum absolute atomic E-state index is 0.286. The van der Waals surface area contributed by atoms with E-state index in [1.165, 1.54) is 12.7 Å².